The summed E-state index contributed by atoms with van der Waals surface area (Å²) in [6.07, 6.45) is 6.80. The third kappa shape index (κ3) is 3.29. The zero-order valence-electron chi connectivity index (χ0n) is 15.9. The number of nitrogens with zero attached hydrogens (tertiary/aromatic N) is 5. The standard InChI is InChI=1S/C21H20N6O/c1-14-20(25-21(28)15-7-9-22-10-8-15)27-13-18(23-12-19(27)24-14)16-5-4-6-17(11-16)26(2)3/h4-13H,1-3H3,(H,25,28). The van der Waals surface area contributed by atoms with Crippen LogP contribution in [0.3, 0.4) is 0 Å². The first-order chi connectivity index (χ1) is 13.5. The molecule has 0 unspecified atom stereocenters. The molecule has 4 rings (SSSR count). The van der Waals surface area contributed by atoms with Crippen LogP contribution in [0.4, 0.5) is 11.5 Å². The molecule has 0 atom stereocenters. The Morgan fingerprint density at radius 2 is 1.93 bits per heavy atom. The largest absolute Gasteiger partial charge is 0.378 e. The van der Waals surface area contributed by atoms with Gasteiger partial charge in [-0.05, 0) is 31.2 Å². The first-order valence-electron chi connectivity index (χ1n) is 8.87. The molecule has 0 aliphatic rings. The van der Waals surface area contributed by atoms with E-state index < -0.39 is 0 Å². The normalized spacial score (nSPS) is 10.8. The second-order valence-electron chi connectivity index (χ2n) is 6.68. The number of amides is 1. The first-order valence-corrected chi connectivity index (χ1v) is 8.87. The van der Waals surface area contributed by atoms with Gasteiger partial charge in [-0.2, -0.15) is 0 Å². The van der Waals surface area contributed by atoms with Crippen molar-refractivity contribution in [2.45, 2.75) is 6.92 Å². The Bertz CT molecular complexity index is 1150. The zero-order valence-corrected chi connectivity index (χ0v) is 15.9. The summed E-state index contributed by atoms with van der Waals surface area (Å²) in [4.78, 5) is 27.6. The summed E-state index contributed by atoms with van der Waals surface area (Å²) in [7, 11) is 4.00. The van der Waals surface area contributed by atoms with Crippen molar-refractivity contribution in [1.29, 1.82) is 0 Å². The third-order valence-electron chi connectivity index (χ3n) is 4.52. The molecule has 7 heteroatoms. The van der Waals surface area contributed by atoms with Crippen molar-refractivity contribution in [3.05, 3.63) is 72.4 Å². The Morgan fingerprint density at radius 3 is 2.68 bits per heavy atom. The van der Waals surface area contributed by atoms with Gasteiger partial charge in [0.25, 0.3) is 5.91 Å². The van der Waals surface area contributed by atoms with Gasteiger partial charge in [-0.25, -0.2) is 4.98 Å². The van der Waals surface area contributed by atoms with E-state index in [1.807, 2.05) is 54.7 Å². The Balaban J connectivity index is 1.74. The summed E-state index contributed by atoms with van der Waals surface area (Å²) in [5, 5.41) is 2.96. The number of anilines is 2. The first kappa shape index (κ1) is 17.7. The van der Waals surface area contributed by atoms with E-state index in [0.29, 0.717) is 17.0 Å². The molecule has 7 nitrogen and oxygen atoms in total. The maximum Gasteiger partial charge on any atom is 0.256 e. The molecule has 3 heterocycles. The van der Waals surface area contributed by atoms with Gasteiger partial charge in [0.05, 0.1) is 17.6 Å². The third-order valence-corrected chi connectivity index (χ3v) is 4.52. The Labute approximate surface area is 162 Å². The molecule has 28 heavy (non-hydrogen) atoms. The maximum atomic E-state index is 12.6. The van der Waals surface area contributed by atoms with Crippen LogP contribution in [0.5, 0.6) is 0 Å². The second-order valence-corrected chi connectivity index (χ2v) is 6.68. The van der Waals surface area contributed by atoms with Crippen LogP contribution < -0.4 is 10.2 Å². The van der Waals surface area contributed by atoms with Crippen molar-refractivity contribution >= 4 is 23.1 Å². The minimum atomic E-state index is -0.208. The van der Waals surface area contributed by atoms with Gasteiger partial charge in [0.2, 0.25) is 0 Å². The van der Waals surface area contributed by atoms with E-state index in [1.54, 1.807) is 30.7 Å². The molecule has 140 valence electrons. The topological polar surface area (TPSA) is 75.4 Å². The SMILES string of the molecule is Cc1nc2cnc(-c3cccc(N(C)C)c3)cn2c1NC(=O)c1ccncc1. The Hall–Kier alpha value is -3.74. The van der Waals surface area contributed by atoms with Crippen LogP contribution in [0.15, 0.2) is 61.2 Å². The molecule has 0 aliphatic carbocycles. The lowest BCUT2D eigenvalue weighted by molar-refractivity contribution is 0.102. The number of carbonyl (C=O) groups is 1. The molecule has 4 aromatic rings. The lowest BCUT2D eigenvalue weighted by Gasteiger charge is -2.13. The van der Waals surface area contributed by atoms with Gasteiger partial charge in [0, 0.05) is 49.5 Å². The monoisotopic (exact) mass is 372 g/mol. The van der Waals surface area contributed by atoms with Crippen LogP contribution in [-0.2, 0) is 0 Å². The molecule has 3 aromatic heterocycles. The highest BCUT2D eigenvalue weighted by Crippen LogP contribution is 2.25. The number of hydrogen-bond acceptors (Lipinski definition) is 5. The van der Waals surface area contributed by atoms with Crippen LogP contribution in [0.2, 0.25) is 0 Å². The quantitative estimate of drug-likeness (QED) is 0.594. The van der Waals surface area contributed by atoms with Gasteiger partial charge < -0.3 is 10.2 Å². The van der Waals surface area contributed by atoms with E-state index in [4.69, 9.17) is 0 Å². The molecular formula is C21H20N6O. The van der Waals surface area contributed by atoms with Crippen molar-refractivity contribution in [2.75, 3.05) is 24.3 Å². The van der Waals surface area contributed by atoms with Crippen molar-refractivity contribution in [2.24, 2.45) is 0 Å². The van der Waals surface area contributed by atoms with E-state index in [0.717, 1.165) is 22.6 Å². The van der Waals surface area contributed by atoms with Gasteiger partial charge in [0.15, 0.2) is 5.65 Å². The van der Waals surface area contributed by atoms with Gasteiger partial charge in [0.1, 0.15) is 5.82 Å². The zero-order chi connectivity index (χ0) is 19.7. The fourth-order valence-electron chi connectivity index (χ4n) is 3.00. The molecule has 0 saturated heterocycles. The minimum Gasteiger partial charge on any atom is -0.378 e. The van der Waals surface area contributed by atoms with Crippen LogP contribution in [0.25, 0.3) is 16.9 Å². The number of benzene rings is 1. The lowest BCUT2D eigenvalue weighted by atomic mass is 10.1. The van der Waals surface area contributed by atoms with Crippen molar-refractivity contribution in [1.82, 2.24) is 19.4 Å². The number of carbonyl (C=O) groups excluding carboxylic acids is 1. The number of hydrogen-bond donors (Lipinski definition) is 1. The van der Waals surface area contributed by atoms with E-state index in [2.05, 4.69) is 26.3 Å². The van der Waals surface area contributed by atoms with Crippen LogP contribution in [0, 0.1) is 6.92 Å². The number of pyridine rings is 1. The highest BCUT2D eigenvalue weighted by Gasteiger charge is 2.14. The average Bonchev–Trinajstić information content (AvgIpc) is 3.03. The highest BCUT2D eigenvalue weighted by atomic mass is 16.1. The number of imidazole rings is 1. The molecule has 0 bridgehead atoms. The molecule has 0 saturated carbocycles. The summed E-state index contributed by atoms with van der Waals surface area (Å²) < 4.78 is 1.86. The van der Waals surface area contributed by atoms with Crippen LogP contribution in [-0.4, -0.2) is 39.4 Å². The summed E-state index contributed by atoms with van der Waals surface area (Å²) in [6, 6.07) is 11.5. The Kier molecular flexibility index (Phi) is 4.49. The molecule has 1 amide bonds. The van der Waals surface area contributed by atoms with Gasteiger partial charge in [-0.15, -0.1) is 0 Å². The predicted molar refractivity (Wildman–Crippen MR) is 110 cm³/mol. The van der Waals surface area contributed by atoms with Gasteiger partial charge in [-0.1, -0.05) is 12.1 Å². The minimum absolute atomic E-state index is 0.208. The number of nitrogens with one attached hydrogen (secondary N) is 1. The van der Waals surface area contributed by atoms with E-state index >= 15 is 0 Å². The second kappa shape index (κ2) is 7.11. The van der Waals surface area contributed by atoms with Crippen LogP contribution >= 0.6 is 0 Å². The van der Waals surface area contributed by atoms with E-state index in [-0.39, 0.29) is 5.91 Å². The molecule has 0 radical (unpaired) electrons. The fraction of sp³-hybridized carbons (Fsp3) is 0.143. The number of rotatable bonds is 4. The Morgan fingerprint density at radius 1 is 1.14 bits per heavy atom. The fourth-order valence-corrected chi connectivity index (χ4v) is 3.00. The predicted octanol–water partition coefficient (Wildman–Crippen LogP) is 3.42. The summed E-state index contributed by atoms with van der Waals surface area (Å²) in [6.45, 7) is 1.86. The summed E-state index contributed by atoms with van der Waals surface area (Å²) in [5.74, 6) is 0.421. The number of aryl methyl sites for hydroxylation is 1. The van der Waals surface area contributed by atoms with Crippen molar-refractivity contribution in [3.8, 4) is 11.3 Å². The van der Waals surface area contributed by atoms with Gasteiger partial charge >= 0.3 is 0 Å². The molecule has 0 fully saturated rings. The smallest absolute Gasteiger partial charge is 0.256 e. The van der Waals surface area contributed by atoms with E-state index in [1.165, 1.54) is 0 Å². The van der Waals surface area contributed by atoms with Crippen molar-refractivity contribution < 1.29 is 4.79 Å². The molecule has 0 spiro atoms. The molecule has 0 aliphatic heterocycles. The lowest BCUT2D eigenvalue weighted by Crippen LogP contribution is -2.14. The maximum absolute atomic E-state index is 12.6. The summed E-state index contributed by atoms with van der Waals surface area (Å²) >= 11 is 0. The molecular weight excluding hydrogens is 352 g/mol. The number of fused-ring (bicyclic) bond motifs is 1. The average molecular weight is 372 g/mol. The van der Waals surface area contributed by atoms with Gasteiger partial charge in [-0.3, -0.25) is 19.2 Å². The molecule has 1 N–H and O–H groups in total. The van der Waals surface area contributed by atoms with Crippen molar-refractivity contribution in [3.63, 3.8) is 0 Å². The highest BCUT2D eigenvalue weighted by molar-refractivity contribution is 6.04. The summed E-state index contributed by atoms with van der Waals surface area (Å²) in [5.41, 5.74) is 4.82. The molecule has 1 aromatic carbocycles. The van der Waals surface area contributed by atoms with Crippen LogP contribution in [0.1, 0.15) is 16.1 Å². The number of aromatic nitrogens is 4. The van der Waals surface area contributed by atoms with E-state index in [9.17, 15) is 4.79 Å².